The molecule has 0 aromatic heterocycles. The molecule has 0 bridgehead atoms. The van der Waals surface area contributed by atoms with Gasteiger partial charge in [0.15, 0.2) is 0 Å². The van der Waals surface area contributed by atoms with Crippen molar-refractivity contribution in [1.82, 2.24) is 5.64 Å². The lowest BCUT2D eigenvalue weighted by molar-refractivity contribution is -0.160. The number of nitrogens with one attached hydrogen (secondary N) is 1. The van der Waals surface area contributed by atoms with Crippen molar-refractivity contribution in [1.29, 1.82) is 0 Å². The average Bonchev–Trinajstić information content (AvgIpc) is 2.00. The zero-order chi connectivity index (χ0) is 8.04. The minimum absolute atomic E-state index is 0.0521. The van der Waals surface area contributed by atoms with E-state index < -0.39 is 5.41 Å². The van der Waals surface area contributed by atoms with Crippen LogP contribution >= 0.6 is 0 Å². The van der Waals surface area contributed by atoms with Gasteiger partial charge in [-0.1, -0.05) is 12.6 Å². The third-order valence-electron chi connectivity index (χ3n) is 1.25. The van der Waals surface area contributed by atoms with Crippen LogP contribution in [-0.2, 0) is 4.84 Å². The summed E-state index contributed by atoms with van der Waals surface area (Å²) < 4.78 is 0. The number of rotatable bonds is 5. The third-order valence-corrected chi connectivity index (χ3v) is 1.25. The molecule has 0 atom stereocenters. The zero-order valence-electron chi connectivity index (χ0n) is 5.87. The summed E-state index contributed by atoms with van der Waals surface area (Å²) in [5, 5.41) is 25.3. The molecule has 0 rings (SSSR count). The summed E-state index contributed by atoms with van der Waals surface area (Å²) in [6, 6.07) is 0. The minimum Gasteiger partial charge on any atom is -0.396 e. The molecule has 0 spiro atoms. The van der Waals surface area contributed by atoms with Crippen molar-refractivity contribution in [2.75, 3.05) is 19.8 Å². The molecule has 0 aliphatic heterocycles. The van der Waals surface area contributed by atoms with E-state index in [2.05, 4.69) is 4.84 Å². The maximum Gasteiger partial charge on any atom is 0.0806 e. The minimum atomic E-state index is -0.699. The molecule has 0 aromatic carbocycles. The van der Waals surface area contributed by atoms with Crippen LogP contribution in [0.4, 0.5) is 0 Å². The van der Waals surface area contributed by atoms with E-state index >= 15 is 0 Å². The van der Waals surface area contributed by atoms with Crippen molar-refractivity contribution in [2.24, 2.45) is 5.41 Å². The van der Waals surface area contributed by atoms with Crippen molar-refractivity contribution in [3.05, 3.63) is 0 Å². The lowest BCUT2D eigenvalue weighted by Crippen LogP contribution is -2.33. The highest BCUT2D eigenvalue weighted by Gasteiger charge is 2.22. The number of hydrogen-bond acceptors (Lipinski definition) is 5. The highest BCUT2D eigenvalue weighted by Crippen LogP contribution is 2.12. The predicted octanol–water partition coefficient (Wildman–Crippen LogP) is -1.11. The molecule has 0 aliphatic rings. The van der Waals surface area contributed by atoms with Crippen LogP contribution in [0.2, 0.25) is 0 Å². The Hall–Kier alpha value is -0.200. The summed E-state index contributed by atoms with van der Waals surface area (Å²) in [5.74, 6) is 0. The van der Waals surface area contributed by atoms with E-state index in [9.17, 15) is 0 Å². The normalized spacial score (nSPS) is 12.0. The molecular weight excluding hydrogens is 138 g/mol. The summed E-state index contributed by atoms with van der Waals surface area (Å²) in [4.78, 5) is 4.37. The predicted molar refractivity (Wildman–Crippen MR) is 33.2 cm³/mol. The summed E-state index contributed by atoms with van der Waals surface area (Å²) in [6.07, 6.45) is 0. The molecule has 0 saturated heterocycles. The van der Waals surface area contributed by atoms with Gasteiger partial charge in [-0.15, -0.1) is 0 Å². The lowest BCUT2D eigenvalue weighted by atomic mass is 9.95. The van der Waals surface area contributed by atoms with Crippen molar-refractivity contribution in [2.45, 2.75) is 6.92 Å². The van der Waals surface area contributed by atoms with Gasteiger partial charge in [-0.3, -0.25) is 10.0 Å². The van der Waals surface area contributed by atoms with Crippen molar-refractivity contribution >= 4 is 0 Å². The SMILES string of the molecule is CC(CO)(CO)CONO. The van der Waals surface area contributed by atoms with Crippen LogP contribution in [0, 0.1) is 5.41 Å². The van der Waals surface area contributed by atoms with E-state index in [0.717, 1.165) is 0 Å². The molecule has 62 valence electrons. The van der Waals surface area contributed by atoms with Crippen molar-refractivity contribution in [3.8, 4) is 0 Å². The number of aliphatic hydroxyl groups is 2. The van der Waals surface area contributed by atoms with Crippen LogP contribution in [-0.4, -0.2) is 35.2 Å². The molecule has 10 heavy (non-hydrogen) atoms. The first-order chi connectivity index (χ1) is 4.68. The monoisotopic (exact) mass is 151 g/mol. The van der Waals surface area contributed by atoms with Gasteiger partial charge in [0.05, 0.1) is 19.8 Å². The first-order valence-corrected chi connectivity index (χ1v) is 2.91. The molecule has 5 heteroatoms. The topological polar surface area (TPSA) is 82.0 Å². The van der Waals surface area contributed by atoms with Gasteiger partial charge in [0, 0.05) is 5.41 Å². The van der Waals surface area contributed by atoms with E-state index in [1.807, 2.05) is 0 Å². The Balaban J connectivity index is 3.58. The van der Waals surface area contributed by atoms with Crippen LogP contribution < -0.4 is 5.64 Å². The van der Waals surface area contributed by atoms with Crippen molar-refractivity contribution < 1.29 is 20.3 Å². The third kappa shape index (κ3) is 3.09. The molecular formula is C5H13NO4. The highest BCUT2D eigenvalue weighted by molar-refractivity contribution is 4.70. The molecule has 4 N–H and O–H groups in total. The van der Waals surface area contributed by atoms with Gasteiger partial charge >= 0.3 is 0 Å². The zero-order valence-corrected chi connectivity index (χ0v) is 5.87. The highest BCUT2D eigenvalue weighted by atomic mass is 16.8. The second-order valence-corrected chi connectivity index (χ2v) is 2.51. The van der Waals surface area contributed by atoms with Gasteiger partial charge in [-0.25, -0.2) is 0 Å². The second-order valence-electron chi connectivity index (χ2n) is 2.51. The summed E-state index contributed by atoms with van der Waals surface area (Å²) >= 11 is 0. The quantitative estimate of drug-likeness (QED) is 0.374. The van der Waals surface area contributed by atoms with Gasteiger partial charge in [-0.2, -0.15) is 0 Å². The molecule has 0 heterocycles. The molecule has 0 amide bonds. The first kappa shape index (κ1) is 9.80. The van der Waals surface area contributed by atoms with Crippen LogP contribution in [0.3, 0.4) is 0 Å². The summed E-state index contributed by atoms with van der Waals surface area (Å²) in [7, 11) is 0. The average molecular weight is 151 g/mol. The molecule has 5 nitrogen and oxygen atoms in total. The van der Waals surface area contributed by atoms with Gasteiger partial charge in [0.1, 0.15) is 0 Å². The molecule has 0 unspecified atom stereocenters. The Labute approximate surface area is 59.2 Å². The van der Waals surface area contributed by atoms with Gasteiger partial charge in [0.25, 0.3) is 0 Å². The second kappa shape index (κ2) is 4.59. The molecule has 0 saturated carbocycles. The Bertz CT molecular complexity index is 83.7. The van der Waals surface area contributed by atoms with E-state index in [1.54, 1.807) is 6.92 Å². The summed E-state index contributed by atoms with van der Waals surface area (Å²) in [6.45, 7) is 1.30. The smallest absolute Gasteiger partial charge is 0.0806 e. The number of aliphatic hydroxyl groups excluding tert-OH is 2. The fourth-order valence-electron chi connectivity index (χ4n) is 0.348. The van der Waals surface area contributed by atoms with Crippen LogP contribution in [0.15, 0.2) is 0 Å². The number of hydrogen-bond donors (Lipinski definition) is 4. The van der Waals surface area contributed by atoms with E-state index in [-0.39, 0.29) is 19.8 Å². The van der Waals surface area contributed by atoms with E-state index in [4.69, 9.17) is 15.4 Å². The Morgan fingerprint density at radius 3 is 2.20 bits per heavy atom. The van der Waals surface area contributed by atoms with Crippen LogP contribution in [0.5, 0.6) is 0 Å². The largest absolute Gasteiger partial charge is 0.396 e. The summed E-state index contributed by atoms with van der Waals surface area (Å²) in [5.41, 5.74) is 0.771. The maximum atomic E-state index is 8.66. The van der Waals surface area contributed by atoms with Crippen LogP contribution in [0.25, 0.3) is 0 Å². The van der Waals surface area contributed by atoms with Crippen LogP contribution in [0.1, 0.15) is 6.92 Å². The maximum absolute atomic E-state index is 8.66. The molecule has 0 aliphatic carbocycles. The Morgan fingerprint density at radius 2 is 1.90 bits per heavy atom. The van der Waals surface area contributed by atoms with E-state index in [1.165, 1.54) is 5.64 Å². The fourth-order valence-corrected chi connectivity index (χ4v) is 0.348. The molecule has 0 radical (unpaired) electrons. The van der Waals surface area contributed by atoms with Gasteiger partial charge in [-0.05, 0) is 0 Å². The first-order valence-electron chi connectivity index (χ1n) is 2.91. The Morgan fingerprint density at radius 1 is 1.40 bits per heavy atom. The Kier molecular flexibility index (Phi) is 4.50. The molecule has 0 fully saturated rings. The molecule has 0 aromatic rings. The fraction of sp³-hybridized carbons (Fsp3) is 1.00. The van der Waals surface area contributed by atoms with Crippen molar-refractivity contribution in [3.63, 3.8) is 0 Å². The van der Waals surface area contributed by atoms with Gasteiger partial charge < -0.3 is 10.2 Å². The standard InChI is InChI=1S/C5H13NO4/c1-5(2-7,3-8)4-10-6-9/h6-9H,2-4H2,1H3. The van der Waals surface area contributed by atoms with E-state index in [0.29, 0.717) is 0 Å². The lowest BCUT2D eigenvalue weighted by Gasteiger charge is -2.22. The van der Waals surface area contributed by atoms with Gasteiger partial charge in [0.2, 0.25) is 0 Å².